The average molecular weight is 307 g/mol. The molecule has 0 spiro atoms. The van der Waals surface area contributed by atoms with Crippen molar-refractivity contribution in [2.75, 3.05) is 16.8 Å². The van der Waals surface area contributed by atoms with Gasteiger partial charge in [-0.15, -0.1) is 0 Å². The Morgan fingerprint density at radius 1 is 1.16 bits per heavy atom. The van der Waals surface area contributed by atoms with E-state index in [1.165, 1.54) is 0 Å². The van der Waals surface area contributed by atoms with Crippen LogP contribution in [0, 0.1) is 0 Å². The Hall–Kier alpha value is -0.820. The summed E-state index contributed by atoms with van der Waals surface area (Å²) in [5.74, 6) is -1.99. The van der Waals surface area contributed by atoms with Crippen molar-refractivity contribution >= 4 is 27.3 Å². The first-order valence-corrected chi connectivity index (χ1v) is 8.66. The molecule has 1 aromatic carbocycles. The van der Waals surface area contributed by atoms with Crippen molar-refractivity contribution in [2.24, 2.45) is 0 Å². The molecule has 19 heavy (non-hydrogen) atoms. The Morgan fingerprint density at radius 2 is 1.74 bits per heavy atom. The summed E-state index contributed by atoms with van der Waals surface area (Å²) >= 11 is 0.513. The predicted octanol–water partition coefficient (Wildman–Crippen LogP) is 2.99. The second-order valence-corrected chi connectivity index (χ2v) is 7.84. The summed E-state index contributed by atoms with van der Waals surface area (Å²) in [6, 6.07) is 6.90. The zero-order valence-electron chi connectivity index (χ0n) is 10.2. The summed E-state index contributed by atoms with van der Waals surface area (Å²) in [7, 11) is -2.85. The second kappa shape index (κ2) is 6.09. The molecular formula is C12H15F2NO2S2. The SMILES string of the molecule is O=S1(=O)CCC(Nc2ccc(SC(F)F)cc2)CC1. The summed E-state index contributed by atoms with van der Waals surface area (Å²) in [4.78, 5) is 0.520. The van der Waals surface area contributed by atoms with E-state index in [2.05, 4.69) is 5.32 Å². The van der Waals surface area contributed by atoms with Crippen LogP contribution in [0.5, 0.6) is 0 Å². The van der Waals surface area contributed by atoms with Crippen molar-refractivity contribution in [3.05, 3.63) is 24.3 Å². The van der Waals surface area contributed by atoms with Crippen molar-refractivity contribution in [3.8, 4) is 0 Å². The molecule has 0 aliphatic carbocycles. The minimum Gasteiger partial charge on any atom is -0.382 e. The van der Waals surface area contributed by atoms with Crippen LogP contribution in [0.1, 0.15) is 12.8 Å². The van der Waals surface area contributed by atoms with E-state index >= 15 is 0 Å². The molecule has 0 aromatic heterocycles. The summed E-state index contributed by atoms with van der Waals surface area (Å²) in [5.41, 5.74) is 0.836. The topological polar surface area (TPSA) is 46.2 Å². The molecule has 1 aromatic rings. The first-order chi connectivity index (χ1) is 8.94. The van der Waals surface area contributed by atoms with Crippen molar-refractivity contribution in [3.63, 3.8) is 0 Å². The normalized spacial score (nSPS) is 19.5. The van der Waals surface area contributed by atoms with Gasteiger partial charge in [-0.2, -0.15) is 8.78 Å². The molecule has 0 atom stereocenters. The quantitative estimate of drug-likeness (QED) is 0.869. The zero-order chi connectivity index (χ0) is 13.9. The molecule has 1 N–H and O–H groups in total. The molecule has 1 aliphatic rings. The molecule has 0 bridgehead atoms. The first kappa shape index (κ1) is 14.6. The molecule has 3 nitrogen and oxygen atoms in total. The summed E-state index contributed by atoms with van der Waals surface area (Å²) < 4.78 is 46.9. The molecule has 0 radical (unpaired) electrons. The van der Waals surface area contributed by atoms with Crippen molar-refractivity contribution in [1.29, 1.82) is 0 Å². The van der Waals surface area contributed by atoms with E-state index in [9.17, 15) is 17.2 Å². The molecule has 0 amide bonds. The van der Waals surface area contributed by atoms with Crippen LogP contribution < -0.4 is 5.32 Å². The lowest BCUT2D eigenvalue weighted by molar-refractivity contribution is 0.252. The highest BCUT2D eigenvalue weighted by Crippen LogP contribution is 2.27. The van der Waals surface area contributed by atoms with E-state index in [1.54, 1.807) is 24.3 Å². The molecule has 2 rings (SSSR count). The van der Waals surface area contributed by atoms with Gasteiger partial charge in [-0.3, -0.25) is 0 Å². The highest BCUT2D eigenvalue weighted by Gasteiger charge is 2.23. The van der Waals surface area contributed by atoms with Crippen LogP contribution in [0.3, 0.4) is 0 Å². The Morgan fingerprint density at radius 3 is 2.26 bits per heavy atom. The molecule has 1 fully saturated rings. The van der Waals surface area contributed by atoms with Gasteiger partial charge < -0.3 is 5.32 Å². The maximum atomic E-state index is 12.2. The van der Waals surface area contributed by atoms with Gasteiger partial charge in [0.2, 0.25) is 0 Å². The van der Waals surface area contributed by atoms with Crippen LogP contribution >= 0.6 is 11.8 Å². The minimum absolute atomic E-state index is 0.136. The Labute approximate surface area is 115 Å². The Balaban J connectivity index is 1.90. The molecule has 0 saturated carbocycles. The number of benzene rings is 1. The number of sulfone groups is 1. The standard InChI is InChI=1S/C12H15F2NO2S2/c13-12(14)18-11-3-1-9(2-4-11)15-10-5-7-19(16,17)8-6-10/h1-4,10,12,15H,5-8H2. The molecular weight excluding hydrogens is 292 g/mol. The fourth-order valence-electron chi connectivity index (χ4n) is 2.00. The highest BCUT2D eigenvalue weighted by molar-refractivity contribution is 7.99. The van der Waals surface area contributed by atoms with Crippen molar-refractivity contribution < 1.29 is 17.2 Å². The van der Waals surface area contributed by atoms with E-state index in [0.29, 0.717) is 29.5 Å². The van der Waals surface area contributed by atoms with E-state index < -0.39 is 15.6 Å². The number of nitrogens with one attached hydrogen (secondary N) is 1. The maximum absolute atomic E-state index is 12.2. The fourth-order valence-corrected chi connectivity index (χ4v) is 3.99. The lowest BCUT2D eigenvalue weighted by Gasteiger charge is -2.24. The third kappa shape index (κ3) is 4.65. The predicted molar refractivity (Wildman–Crippen MR) is 73.6 cm³/mol. The highest BCUT2D eigenvalue weighted by atomic mass is 32.2. The van der Waals surface area contributed by atoms with Crippen LogP contribution in [0.15, 0.2) is 29.2 Å². The van der Waals surface area contributed by atoms with Crippen molar-refractivity contribution in [2.45, 2.75) is 29.5 Å². The van der Waals surface area contributed by atoms with Gasteiger partial charge in [-0.1, -0.05) is 11.8 Å². The van der Waals surface area contributed by atoms with Crippen LogP contribution in [0.4, 0.5) is 14.5 Å². The van der Waals surface area contributed by atoms with Gasteiger partial charge in [-0.25, -0.2) is 8.42 Å². The summed E-state index contributed by atoms with van der Waals surface area (Å²) in [5, 5.41) is 3.24. The monoisotopic (exact) mass is 307 g/mol. The van der Waals surface area contributed by atoms with Gasteiger partial charge in [-0.05, 0) is 37.1 Å². The smallest absolute Gasteiger partial charge is 0.288 e. The number of rotatable bonds is 4. The van der Waals surface area contributed by atoms with Crippen LogP contribution in [0.2, 0.25) is 0 Å². The number of alkyl halides is 2. The Bertz CT molecular complexity index is 503. The number of thioether (sulfide) groups is 1. The van der Waals surface area contributed by atoms with E-state index in [1.807, 2.05) is 0 Å². The number of hydrogen-bond acceptors (Lipinski definition) is 4. The van der Waals surface area contributed by atoms with E-state index in [0.717, 1.165) is 5.69 Å². The van der Waals surface area contributed by atoms with Gasteiger partial charge in [0.25, 0.3) is 5.76 Å². The lowest BCUT2D eigenvalue weighted by Crippen LogP contribution is -2.32. The van der Waals surface area contributed by atoms with Crippen LogP contribution in [-0.2, 0) is 9.84 Å². The van der Waals surface area contributed by atoms with Crippen LogP contribution in [0.25, 0.3) is 0 Å². The third-order valence-electron chi connectivity index (χ3n) is 3.00. The molecule has 1 heterocycles. The summed E-state index contributed by atoms with van der Waals surface area (Å²) in [6.45, 7) is 0. The molecule has 1 saturated heterocycles. The van der Waals surface area contributed by atoms with Gasteiger partial charge in [0.05, 0.1) is 11.5 Å². The number of halogens is 2. The number of hydrogen-bond donors (Lipinski definition) is 1. The van der Waals surface area contributed by atoms with E-state index in [4.69, 9.17) is 0 Å². The van der Waals surface area contributed by atoms with Crippen molar-refractivity contribution in [1.82, 2.24) is 0 Å². The van der Waals surface area contributed by atoms with Gasteiger partial charge in [0, 0.05) is 16.6 Å². The van der Waals surface area contributed by atoms with Gasteiger partial charge in [0.1, 0.15) is 9.84 Å². The molecule has 0 unspecified atom stereocenters. The Kier molecular flexibility index (Phi) is 4.67. The summed E-state index contributed by atoms with van der Waals surface area (Å²) in [6.07, 6.45) is 1.19. The molecule has 7 heteroatoms. The number of anilines is 1. The van der Waals surface area contributed by atoms with Gasteiger partial charge >= 0.3 is 0 Å². The first-order valence-electron chi connectivity index (χ1n) is 5.96. The third-order valence-corrected chi connectivity index (χ3v) is 5.44. The maximum Gasteiger partial charge on any atom is 0.288 e. The minimum atomic E-state index is -2.85. The van der Waals surface area contributed by atoms with Crippen LogP contribution in [-0.4, -0.2) is 31.7 Å². The van der Waals surface area contributed by atoms with Gasteiger partial charge in [0.15, 0.2) is 0 Å². The molecule has 1 aliphatic heterocycles. The largest absolute Gasteiger partial charge is 0.382 e. The second-order valence-electron chi connectivity index (χ2n) is 4.47. The fraction of sp³-hybridized carbons (Fsp3) is 0.500. The van der Waals surface area contributed by atoms with E-state index in [-0.39, 0.29) is 17.5 Å². The zero-order valence-corrected chi connectivity index (χ0v) is 11.8. The lowest BCUT2D eigenvalue weighted by atomic mass is 10.1. The molecule has 106 valence electrons. The average Bonchev–Trinajstić information content (AvgIpc) is 2.34.